The van der Waals surface area contributed by atoms with Gasteiger partial charge in [-0.05, 0) is 56.6 Å². The maximum atomic E-state index is 2.27. The maximum Gasteiger partial charge on any atom is 0 e. The number of hydrogen-bond acceptors (Lipinski definition) is 0. The lowest BCUT2D eigenvalue weighted by molar-refractivity contribution is 0.686. The summed E-state index contributed by atoms with van der Waals surface area (Å²) in [6.45, 7) is 0. The van der Waals surface area contributed by atoms with E-state index in [0.29, 0.717) is 0 Å². The van der Waals surface area contributed by atoms with Crippen LogP contribution in [-0.2, 0) is 11.0 Å². The fourth-order valence-electron chi connectivity index (χ4n) is 2.63. The average molecular weight is 260 g/mol. The zero-order valence-corrected chi connectivity index (χ0v) is 10.7. The molecular weight excluding hydrogens is 248 g/mol. The van der Waals surface area contributed by atoms with Gasteiger partial charge >= 0.3 is 0 Å². The topological polar surface area (TPSA) is 57.0 Å². The van der Waals surface area contributed by atoms with Crippen molar-refractivity contribution in [1.29, 1.82) is 0 Å². The molecule has 0 aliphatic heterocycles. The smallest absolute Gasteiger partial charge is 0 e. The van der Waals surface area contributed by atoms with Crippen molar-refractivity contribution in [2.75, 3.05) is 0 Å². The molecule has 0 aliphatic rings. The normalized spacial score (nSPS) is 10.2. The second kappa shape index (κ2) is 5.29. The van der Waals surface area contributed by atoms with Crippen LogP contribution in [0.3, 0.4) is 0 Å². The number of hydrogen-bond donors (Lipinski definition) is 0. The van der Waals surface area contributed by atoms with Gasteiger partial charge in [0.1, 0.15) is 0 Å². The molecule has 0 spiro atoms. The molecule has 0 N–H and O–H groups in total. The molecule has 2 nitrogen and oxygen atoms in total. The quantitative estimate of drug-likeness (QED) is 0.403. The summed E-state index contributed by atoms with van der Waals surface area (Å²) in [4.78, 5) is 0. The monoisotopic (exact) mass is 260 g/mol. The molecule has 20 heavy (non-hydrogen) atoms. The van der Waals surface area contributed by atoms with Crippen molar-refractivity contribution in [3.8, 4) is 0 Å². The first-order valence-electron chi connectivity index (χ1n) is 6.21. The lowest BCUT2D eigenvalue weighted by Gasteiger charge is -2.04. The van der Waals surface area contributed by atoms with Crippen molar-refractivity contribution in [2.45, 2.75) is 0 Å². The van der Waals surface area contributed by atoms with Crippen molar-refractivity contribution < 1.29 is 11.0 Å². The summed E-state index contributed by atoms with van der Waals surface area (Å²) in [5.74, 6) is 0. The number of benzene rings is 4. The first-order chi connectivity index (χ1) is 8.90. The van der Waals surface area contributed by atoms with Gasteiger partial charge in [0, 0.05) is 11.0 Å². The van der Waals surface area contributed by atoms with Crippen LogP contribution in [0, 0.1) is 0 Å². The third-order valence-electron chi connectivity index (χ3n) is 3.57. The van der Waals surface area contributed by atoms with Crippen LogP contribution in [-0.4, -0.2) is 0 Å². The van der Waals surface area contributed by atoms with Crippen LogP contribution in [0.5, 0.6) is 0 Å². The van der Waals surface area contributed by atoms with Gasteiger partial charge in [-0.15, -0.1) is 0 Å². The Morgan fingerprint density at radius 3 is 0.850 bits per heavy atom. The Morgan fingerprint density at radius 1 is 0.350 bits per heavy atom. The largest absolute Gasteiger partial charge is 0.0616 e. The Balaban J connectivity index is 0.000000735. The predicted molar refractivity (Wildman–Crippen MR) is 80.3 cm³/mol. The summed E-state index contributed by atoms with van der Waals surface area (Å²) in [6, 6.07) is 26.2. The molecule has 4 radical (unpaired) electrons. The molecule has 0 aromatic heterocycles. The van der Waals surface area contributed by atoms with Crippen LogP contribution in [0.4, 0.5) is 0 Å². The van der Waals surface area contributed by atoms with Crippen molar-refractivity contribution >= 4 is 32.3 Å². The third kappa shape index (κ3) is 2.11. The highest BCUT2D eigenvalue weighted by Crippen LogP contribution is 2.27. The summed E-state index contributed by atoms with van der Waals surface area (Å²) in [5.41, 5.74) is 0. The second-order valence-electron chi connectivity index (χ2n) is 4.75. The highest BCUT2D eigenvalue weighted by Gasteiger charge is 2.00. The van der Waals surface area contributed by atoms with Crippen LogP contribution in [0.1, 0.15) is 0 Å². The average Bonchev–Trinajstić information content (AvgIpc) is 2.42. The van der Waals surface area contributed by atoms with E-state index in [0.717, 1.165) is 0 Å². The Morgan fingerprint density at radius 2 is 0.600 bits per heavy atom. The van der Waals surface area contributed by atoms with Crippen LogP contribution < -0.4 is 0 Å². The molecule has 4 aromatic rings. The molecule has 0 bridgehead atoms. The minimum Gasteiger partial charge on any atom is -0.0616 e. The van der Waals surface area contributed by atoms with Crippen LogP contribution >= 0.6 is 0 Å². The van der Waals surface area contributed by atoms with Gasteiger partial charge < -0.3 is 0 Å². The van der Waals surface area contributed by atoms with E-state index in [2.05, 4.69) is 72.8 Å². The van der Waals surface area contributed by atoms with Gasteiger partial charge in [-0.1, -0.05) is 48.5 Å². The molecule has 0 heterocycles. The minimum atomic E-state index is 0. The molecule has 4 aromatic carbocycles. The summed E-state index contributed by atoms with van der Waals surface area (Å²) in [7, 11) is 0. The molecule has 0 atom stereocenters. The first-order valence-corrected chi connectivity index (χ1v) is 6.21. The Hall–Kier alpha value is -2.42. The SMILES string of the molecule is [O].[O].c1ccc2cc3cc4ccccc4cc3cc2c1. The zero-order chi connectivity index (χ0) is 11.9. The molecule has 0 fully saturated rings. The molecule has 96 valence electrons. The molecular formula is C18H12O2. The summed E-state index contributed by atoms with van der Waals surface area (Å²) in [6.07, 6.45) is 0. The van der Waals surface area contributed by atoms with E-state index < -0.39 is 0 Å². The molecule has 0 unspecified atom stereocenters. The molecule has 2 heteroatoms. The van der Waals surface area contributed by atoms with E-state index in [4.69, 9.17) is 0 Å². The van der Waals surface area contributed by atoms with E-state index in [9.17, 15) is 0 Å². The highest BCUT2D eigenvalue weighted by atomic mass is 16.0. The van der Waals surface area contributed by atoms with Crippen LogP contribution in [0.15, 0.2) is 72.8 Å². The first kappa shape index (κ1) is 14.0. The van der Waals surface area contributed by atoms with E-state index in [1.807, 2.05) is 0 Å². The van der Waals surface area contributed by atoms with E-state index in [-0.39, 0.29) is 11.0 Å². The van der Waals surface area contributed by atoms with Crippen LogP contribution in [0.25, 0.3) is 32.3 Å². The highest BCUT2D eigenvalue weighted by molar-refractivity contribution is 6.04. The lowest BCUT2D eigenvalue weighted by atomic mass is 10.00. The van der Waals surface area contributed by atoms with Crippen molar-refractivity contribution in [2.24, 2.45) is 0 Å². The fraction of sp³-hybridized carbons (Fsp3) is 0. The van der Waals surface area contributed by atoms with Crippen molar-refractivity contribution in [1.82, 2.24) is 0 Å². The Bertz CT molecular complexity index is 738. The standard InChI is InChI=1S/C18H12.2O/c1-2-6-14-10-18-12-16-8-4-3-7-15(16)11-17(18)9-13(14)5-1;;/h1-12H;;. The van der Waals surface area contributed by atoms with E-state index in [1.165, 1.54) is 32.3 Å². The molecule has 0 amide bonds. The molecule has 0 aliphatic carbocycles. The van der Waals surface area contributed by atoms with Gasteiger partial charge in [-0.25, -0.2) is 0 Å². The van der Waals surface area contributed by atoms with E-state index >= 15 is 0 Å². The predicted octanol–water partition coefficient (Wildman–Crippen LogP) is 4.91. The van der Waals surface area contributed by atoms with E-state index in [1.54, 1.807) is 0 Å². The van der Waals surface area contributed by atoms with Gasteiger partial charge in [0.05, 0.1) is 0 Å². The Kier molecular flexibility index (Phi) is 3.70. The van der Waals surface area contributed by atoms with Gasteiger partial charge in [0.2, 0.25) is 0 Å². The minimum absolute atomic E-state index is 0. The molecule has 0 saturated heterocycles. The third-order valence-corrected chi connectivity index (χ3v) is 3.57. The molecule has 4 rings (SSSR count). The van der Waals surface area contributed by atoms with Gasteiger partial charge in [-0.2, -0.15) is 0 Å². The number of fused-ring (bicyclic) bond motifs is 3. The molecule has 0 saturated carbocycles. The fourth-order valence-corrected chi connectivity index (χ4v) is 2.63. The van der Waals surface area contributed by atoms with Crippen LogP contribution in [0.2, 0.25) is 0 Å². The summed E-state index contributed by atoms with van der Waals surface area (Å²) >= 11 is 0. The zero-order valence-electron chi connectivity index (χ0n) is 10.7. The summed E-state index contributed by atoms with van der Waals surface area (Å²) in [5, 5.41) is 7.85. The van der Waals surface area contributed by atoms with Gasteiger partial charge in [-0.3, -0.25) is 0 Å². The van der Waals surface area contributed by atoms with Crippen molar-refractivity contribution in [3.63, 3.8) is 0 Å². The lowest BCUT2D eigenvalue weighted by Crippen LogP contribution is -1.78. The maximum absolute atomic E-state index is 2.27. The Labute approximate surface area is 116 Å². The van der Waals surface area contributed by atoms with Crippen molar-refractivity contribution in [3.05, 3.63) is 72.8 Å². The second-order valence-corrected chi connectivity index (χ2v) is 4.75. The summed E-state index contributed by atoms with van der Waals surface area (Å²) < 4.78 is 0. The van der Waals surface area contributed by atoms with Gasteiger partial charge in [0.15, 0.2) is 0 Å². The van der Waals surface area contributed by atoms with Gasteiger partial charge in [0.25, 0.3) is 0 Å². The number of rotatable bonds is 0.